The molecule has 1 N–H and O–H groups in total. The lowest BCUT2D eigenvalue weighted by molar-refractivity contribution is 0.143. The van der Waals surface area contributed by atoms with Gasteiger partial charge in [0.2, 0.25) is 0 Å². The Labute approximate surface area is 86.1 Å². The Morgan fingerprint density at radius 3 is 2.93 bits per heavy atom. The van der Waals surface area contributed by atoms with Gasteiger partial charge in [-0.2, -0.15) is 5.26 Å². The number of fused-ring (bicyclic) bond motifs is 1. The van der Waals surface area contributed by atoms with Crippen molar-refractivity contribution in [3.63, 3.8) is 0 Å². The summed E-state index contributed by atoms with van der Waals surface area (Å²) in [5, 5.41) is 12.1. The maximum absolute atomic E-state index is 8.61. The van der Waals surface area contributed by atoms with E-state index < -0.39 is 0 Å². The van der Waals surface area contributed by atoms with Gasteiger partial charge in [0.1, 0.15) is 0 Å². The van der Waals surface area contributed by atoms with Crippen molar-refractivity contribution in [2.24, 2.45) is 11.8 Å². The lowest BCUT2D eigenvalue weighted by Crippen LogP contribution is -2.44. The summed E-state index contributed by atoms with van der Waals surface area (Å²) in [6.45, 7) is 9.07. The van der Waals surface area contributed by atoms with E-state index in [0.717, 1.165) is 31.5 Å². The number of nitrogens with zero attached hydrogens (tertiary/aromatic N) is 2. The molecule has 2 unspecified atom stereocenters. The molecule has 0 radical (unpaired) electrons. The number of hydrogen-bond acceptors (Lipinski definition) is 3. The molecule has 2 saturated heterocycles. The maximum Gasteiger partial charge on any atom is 0.0635 e. The maximum atomic E-state index is 8.61. The van der Waals surface area contributed by atoms with Crippen molar-refractivity contribution in [2.75, 3.05) is 26.2 Å². The van der Waals surface area contributed by atoms with Crippen LogP contribution in [0.25, 0.3) is 0 Å². The fraction of sp³-hybridized carbons (Fsp3) is 0.909. The first-order chi connectivity index (χ1) is 6.66. The predicted octanol–water partition coefficient (Wildman–Crippen LogP) is 0.830. The van der Waals surface area contributed by atoms with Crippen LogP contribution in [0.3, 0.4) is 0 Å². The minimum absolute atomic E-state index is 0.283. The zero-order valence-corrected chi connectivity index (χ0v) is 9.08. The molecule has 78 valence electrons. The summed E-state index contributed by atoms with van der Waals surface area (Å²) < 4.78 is 0. The normalized spacial score (nSPS) is 35.5. The van der Waals surface area contributed by atoms with Crippen LogP contribution in [0.15, 0.2) is 0 Å². The molecule has 3 nitrogen and oxygen atoms in total. The van der Waals surface area contributed by atoms with Gasteiger partial charge in [0.25, 0.3) is 0 Å². The molecule has 0 saturated carbocycles. The highest BCUT2D eigenvalue weighted by Gasteiger charge is 2.48. The summed E-state index contributed by atoms with van der Waals surface area (Å²) in [6.07, 6.45) is 0.663. The van der Waals surface area contributed by atoms with Crippen LogP contribution in [0.4, 0.5) is 0 Å². The van der Waals surface area contributed by atoms with Gasteiger partial charge in [-0.25, -0.2) is 0 Å². The highest BCUT2D eigenvalue weighted by atomic mass is 15.2. The molecule has 0 spiro atoms. The van der Waals surface area contributed by atoms with Gasteiger partial charge in [-0.05, 0) is 32.2 Å². The van der Waals surface area contributed by atoms with E-state index in [4.69, 9.17) is 5.26 Å². The van der Waals surface area contributed by atoms with E-state index >= 15 is 0 Å². The summed E-state index contributed by atoms with van der Waals surface area (Å²) >= 11 is 0. The van der Waals surface area contributed by atoms with E-state index in [-0.39, 0.29) is 5.54 Å². The topological polar surface area (TPSA) is 39.1 Å². The van der Waals surface area contributed by atoms with Crippen molar-refractivity contribution >= 4 is 0 Å². The minimum Gasteiger partial charge on any atom is -0.316 e. The molecule has 2 aliphatic heterocycles. The van der Waals surface area contributed by atoms with E-state index in [2.05, 4.69) is 30.1 Å². The van der Waals surface area contributed by atoms with Gasteiger partial charge in [-0.3, -0.25) is 4.90 Å². The second-order valence-electron chi connectivity index (χ2n) is 5.03. The SMILES string of the molecule is CC1(C)C2CNCC2CN1CCC#N. The fourth-order valence-electron chi connectivity index (χ4n) is 3.07. The lowest BCUT2D eigenvalue weighted by Gasteiger charge is -2.35. The standard InChI is InChI=1S/C11H19N3/c1-11(2)10-7-13-6-9(10)8-14(11)5-3-4-12/h9-10,13H,3,5-8H2,1-2H3. The molecule has 2 atom stereocenters. The summed E-state index contributed by atoms with van der Waals surface area (Å²) in [5.41, 5.74) is 0.283. The molecular weight excluding hydrogens is 174 g/mol. The monoisotopic (exact) mass is 193 g/mol. The Morgan fingerprint density at radius 1 is 1.50 bits per heavy atom. The van der Waals surface area contributed by atoms with Crippen LogP contribution in [-0.4, -0.2) is 36.6 Å². The number of hydrogen-bond donors (Lipinski definition) is 1. The first-order valence-corrected chi connectivity index (χ1v) is 5.49. The second-order valence-corrected chi connectivity index (χ2v) is 5.03. The smallest absolute Gasteiger partial charge is 0.0635 e. The number of rotatable bonds is 2. The highest BCUT2D eigenvalue weighted by Crippen LogP contribution is 2.40. The zero-order chi connectivity index (χ0) is 10.2. The van der Waals surface area contributed by atoms with Crippen molar-refractivity contribution in [2.45, 2.75) is 25.8 Å². The zero-order valence-electron chi connectivity index (χ0n) is 9.08. The third-order valence-corrected chi connectivity index (χ3v) is 4.01. The highest BCUT2D eigenvalue weighted by molar-refractivity contribution is 5.04. The Hall–Kier alpha value is -0.590. The van der Waals surface area contributed by atoms with E-state index in [0.29, 0.717) is 6.42 Å². The van der Waals surface area contributed by atoms with E-state index in [1.807, 2.05) is 0 Å². The van der Waals surface area contributed by atoms with Gasteiger partial charge in [0.05, 0.1) is 6.07 Å². The summed E-state index contributed by atoms with van der Waals surface area (Å²) in [7, 11) is 0. The van der Waals surface area contributed by atoms with Gasteiger partial charge in [0.15, 0.2) is 0 Å². The van der Waals surface area contributed by atoms with Crippen LogP contribution in [0.1, 0.15) is 20.3 Å². The Morgan fingerprint density at radius 2 is 2.29 bits per heavy atom. The molecule has 2 aliphatic rings. The molecule has 0 bridgehead atoms. The average Bonchev–Trinajstić information content (AvgIpc) is 2.66. The summed E-state index contributed by atoms with van der Waals surface area (Å²) in [6, 6.07) is 2.24. The molecule has 0 aromatic heterocycles. The molecule has 2 rings (SSSR count). The van der Waals surface area contributed by atoms with Crippen LogP contribution in [0.2, 0.25) is 0 Å². The van der Waals surface area contributed by atoms with Crippen molar-refractivity contribution in [1.82, 2.24) is 10.2 Å². The molecule has 2 heterocycles. The average molecular weight is 193 g/mol. The second kappa shape index (κ2) is 3.52. The molecule has 0 aromatic rings. The number of likely N-dealkylation sites (tertiary alicyclic amines) is 1. The van der Waals surface area contributed by atoms with Crippen molar-refractivity contribution in [1.29, 1.82) is 5.26 Å². The third-order valence-electron chi connectivity index (χ3n) is 4.01. The first-order valence-electron chi connectivity index (χ1n) is 5.49. The molecule has 0 aromatic carbocycles. The van der Waals surface area contributed by atoms with Gasteiger partial charge < -0.3 is 5.32 Å². The Bertz CT molecular complexity index is 254. The van der Waals surface area contributed by atoms with Crippen LogP contribution in [-0.2, 0) is 0 Å². The first kappa shape index (κ1) is 9.95. The molecule has 14 heavy (non-hydrogen) atoms. The summed E-state index contributed by atoms with van der Waals surface area (Å²) in [4.78, 5) is 2.49. The number of nitriles is 1. The molecule has 2 fully saturated rings. The fourth-order valence-corrected chi connectivity index (χ4v) is 3.07. The van der Waals surface area contributed by atoms with Crippen LogP contribution in [0.5, 0.6) is 0 Å². The van der Waals surface area contributed by atoms with Crippen LogP contribution >= 0.6 is 0 Å². The Balaban J connectivity index is 2.04. The van der Waals surface area contributed by atoms with Gasteiger partial charge in [-0.1, -0.05) is 0 Å². The Kier molecular flexibility index (Phi) is 2.50. The van der Waals surface area contributed by atoms with Crippen molar-refractivity contribution in [3.8, 4) is 6.07 Å². The quantitative estimate of drug-likeness (QED) is 0.706. The summed E-state index contributed by atoms with van der Waals surface area (Å²) in [5.74, 6) is 1.59. The van der Waals surface area contributed by atoms with E-state index in [1.54, 1.807) is 0 Å². The van der Waals surface area contributed by atoms with Crippen molar-refractivity contribution < 1.29 is 0 Å². The van der Waals surface area contributed by atoms with Gasteiger partial charge >= 0.3 is 0 Å². The van der Waals surface area contributed by atoms with E-state index in [1.165, 1.54) is 6.54 Å². The van der Waals surface area contributed by atoms with Gasteiger partial charge in [0, 0.05) is 31.6 Å². The lowest BCUT2D eigenvalue weighted by atomic mass is 9.85. The van der Waals surface area contributed by atoms with Crippen molar-refractivity contribution in [3.05, 3.63) is 0 Å². The molecular formula is C11H19N3. The minimum atomic E-state index is 0.283. The third kappa shape index (κ3) is 1.43. The van der Waals surface area contributed by atoms with Crippen LogP contribution < -0.4 is 5.32 Å². The largest absolute Gasteiger partial charge is 0.316 e. The van der Waals surface area contributed by atoms with Gasteiger partial charge in [-0.15, -0.1) is 0 Å². The predicted molar refractivity (Wildman–Crippen MR) is 55.7 cm³/mol. The molecule has 0 amide bonds. The van der Waals surface area contributed by atoms with Crippen LogP contribution in [0, 0.1) is 23.2 Å². The molecule has 0 aliphatic carbocycles. The number of nitrogens with one attached hydrogen (secondary N) is 1. The molecule has 3 heteroatoms. The van der Waals surface area contributed by atoms with E-state index in [9.17, 15) is 0 Å².